The Morgan fingerprint density at radius 1 is 1.13 bits per heavy atom. The Morgan fingerprint density at radius 2 is 1.91 bits per heavy atom. The minimum Gasteiger partial charge on any atom is -0.497 e. The molecule has 0 aliphatic carbocycles. The smallest absolute Gasteiger partial charge is 0.273 e. The maximum Gasteiger partial charge on any atom is 0.273 e. The quantitative estimate of drug-likeness (QED) is 0.573. The predicted molar refractivity (Wildman–Crippen MR) is 91.0 cm³/mol. The van der Waals surface area contributed by atoms with Crippen molar-refractivity contribution in [3.63, 3.8) is 0 Å². The second kappa shape index (κ2) is 6.36. The Labute approximate surface area is 134 Å². The Kier molecular flexibility index (Phi) is 4.10. The van der Waals surface area contributed by atoms with Crippen molar-refractivity contribution < 1.29 is 9.53 Å². The minimum atomic E-state index is -0.245. The number of aromatic amines is 1. The number of benzene rings is 2. The van der Waals surface area contributed by atoms with Crippen LogP contribution < -0.4 is 10.2 Å². The lowest BCUT2D eigenvalue weighted by atomic mass is 10.1. The highest BCUT2D eigenvalue weighted by atomic mass is 16.5. The minimum absolute atomic E-state index is 0.245. The summed E-state index contributed by atoms with van der Waals surface area (Å²) in [7, 11) is 1.62. The molecule has 0 radical (unpaired) electrons. The number of amides is 1. The van der Waals surface area contributed by atoms with Gasteiger partial charge in [-0.2, -0.15) is 5.10 Å². The lowest BCUT2D eigenvalue weighted by Gasteiger charge is -2.05. The van der Waals surface area contributed by atoms with E-state index in [1.807, 2.05) is 55.6 Å². The number of H-pyrrole nitrogens is 1. The van der Waals surface area contributed by atoms with Crippen LogP contribution in [-0.4, -0.2) is 23.7 Å². The molecule has 0 spiro atoms. The molecule has 116 valence electrons. The van der Waals surface area contributed by atoms with Crippen LogP contribution in [0.3, 0.4) is 0 Å². The average Bonchev–Trinajstić information content (AvgIpc) is 3.08. The van der Waals surface area contributed by atoms with Gasteiger partial charge in [0.15, 0.2) is 0 Å². The molecule has 0 atom stereocenters. The van der Waals surface area contributed by atoms with Crippen molar-refractivity contribution in [2.75, 3.05) is 7.11 Å². The van der Waals surface area contributed by atoms with Crippen LogP contribution in [0.4, 0.5) is 0 Å². The van der Waals surface area contributed by atoms with Crippen LogP contribution in [-0.2, 0) is 0 Å². The van der Waals surface area contributed by atoms with E-state index in [4.69, 9.17) is 4.74 Å². The third-order valence-electron chi connectivity index (χ3n) is 3.66. The number of hydrogen-bond donors (Lipinski definition) is 2. The highest BCUT2D eigenvalue weighted by molar-refractivity contribution is 6.06. The van der Waals surface area contributed by atoms with E-state index in [-0.39, 0.29) is 5.91 Å². The van der Waals surface area contributed by atoms with Gasteiger partial charge in [-0.3, -0.25) is 4.79 Å². The highest BCUT2D eigenvalue weighted by Crippen LogP contribution is 2.17. The second-order valence-corrected chi connectivity index (χ2v) is 5.11. The molecule has 3 aromatic rings. The fraction of sp³-hybridized carbons (Fsp3) is 0.111. The number of carbonyl (C=O) groups is 1. The van der Waals surface area contributed by atoms with Crippen LogP contribution in [0.2, 0.25) is 0 Å². The molecule has 5 nitrogen and oxygen atoms in total. The van der Waals surface area contributed by atoms with Gasteiger partial charge < -0.3 is 9.72 Å². The van der Waals surface area contributed by atoms with Crippen molar-refractivity contribution >= 4 is 22.5 Å². The molecule has 5 heteroatoms. The zero-order valence-electron chi connectivity index (χ0n) is 13.0. The molecule has 1 aromatic heterocycles. The van der Waals surface area contributed by atoms with Gasteiger partial charge in [-0.05, 0) is 48.9 Å². The largest absolute Gasteiger partial charge is 0.497 e. The van der Waals surface area contributed by atoms with Crippen molar-refractivity contribution in [2.24, 2.45) is 5.10 Å². The second-order valence-electron chi connectivity index (χ2n) is 5.11. The van der Waals surface area contributed by atoms with E-state index in [9.17, 15) is 4.79 Å². The lowest BCUT2D eigenvalue weighted by Crippen LogP contribution is -2.19. The van der Waals surface area contributed by atoms with Crippen molar-refractivity contribution in [3.8, 4) is 5.75 Å². The summed E-state index contributed by atoms with van der Waals surface area (Å²) in [6, 6.07) is 15.0. The van der Waals surface area contributed by atoms with E-state index in [2.05, 4.69) is 15.5 Å². The normalized spacial score (nSPS) is 11.5. The molecule has 0 bridgehead atoms. The van der Waals surface area contributed by atoms with E-state index in [1.54, 1.807) is 13.2 Å². The molecular weight excluding hydrogens is 290 g/mol. The highest BCUT2D eigenvalue weighted by Gasteiger charge is 2.10. The monoisotopic (exact) mass is 307 g/mol. The number of aromatic nitrogens is 1. The molecular formula is C18H17N3O2. The van der Waals surface area contributed by atoms with Gasteiger partial charge in [-0.15, -0.1) is 0 Å². The van der Waals surface area contributed by atoms with Crippen molar-refractivity contribution in [3.05, 3.63) is 65.9 Å². The van der Waals surface area contributed by atoms with E-state index >= 15 is 0 Å². The number of ether oxygens (including phenoxy) is 1. The predicted octanol–water partition coefficient (Wildman–Crippen LogP) is 3.33. The molecule has 0 saturated heterocycles. The molecule has 0 saturated carbocycles. The standard InChI is InChI=1S/C18H17N3O2/c1-12(13-6-8-15(23-2)9-7-13)20-21-18(22)16-5-3-4-14-10-11-19-17(14)16/h3-11,19H,1-2H3,(H,21,22). The number of carbonyl (C=O) groups excluding carboxylic acids is 1. The van der Waals surface area contributed by atoms with Gasteiger partial charge in [0, 0.05) is 11.6 Å². The summed E-state index contributed by atoms with van der Waals surface area (Å²) in [5.41, 5.74) is 5.62. The van der Waals surface area contributed by atoms with E-state index in [0.29, 0.717) is 5.56 Å². The van der Waals surface area contributed by atoms with Gasteiger partial charge in [-0.25, -0.2) is 5.43 Å². The number of rotatable bonds is 4. The Hall–Kier alpha value is -3.08. The van der Waals surface area contributed by atoms with E-state index < -0.39 is 0 Å². The van der Waals surface area contributed by atoms with Crippen LogP contribution in [0.1, 0.15) is 22.8 Å². The first-order valence-corrected chi connectivity index (χ1v) is 7.24. The van der Waals surface area contributed by atoms with Crippen LogP contribution in [0.5, 0.6) is 5.75 Å². The van der Waals surface area contributed by atoms with Gasteiger partial charge in [-0.1, -0.05) is 12.1 Å². The molecule has 0 unspecified atom stereocenters. The molecule has 0 aliphatic heterocycles. The van der Waals surface area contributed by atoms with Crippen LogP contribution >= 0.6 is 0 Å². The summed E-state index contributed by atoms with van der Waals surface area (Å²) in [5, 5.41) is 5.17. The average molecular weight is 307 g/mol. The zero-order valence-corrected chi connectivity index (χ0v) is 13.0. The van der Waals surface area contributed by atoms with Gasteiger partial charge in [0.1, 0.15) is 5.75 Å². The maximum atomic E-state index is 12.3. The SMILES string of the molecule is COc1ccc(C(C)=NNC(=O)c2cccc3cc[nH]c23)cc1. The third kappa shape index (κ3) is 3.08. The number of hydrogen-bond acceptors (Lipinski definition) is 3. The van der Waals surface area contributed by atoms with Crippen molar-refractivity contribution in [1.29, 1.82) is 0 Å². The van der Waals surface area contributed by atoms with Crippen molar-refractivity contribution in [2.45, 2.75) is 6.92 Å². The fourth-order valence-electron chi connectivity index (χ4n) is 2.37. The number of nitrogens with zero attached hydrogens (tertiary/aromatic N) is 1. The van der Waals surface area contributed by atoms with Gasteiger partial charge in [0.05, 0.1) is 23.9 Å². The van der Waals surface area contributed by atoms with Gasteiger partial charge in [0.2, 0.25) is 0 Å². The van der Waals surface area contributed by atoms with E-state index in [0.717, 1.165) is 27.9 Å². The fourth-order valence-corrected chi connectivity index (χ4v) is 2.37. The van der Waals surface area contributed by atoms with Crippen molar-refractivity contribution in [1.82, 2.24) is 10.4 Å². The summed E-state index contributed by atoms with van der Waals surface area (Å²) in [5.74, 6) is 0.537. The summed E-state index contributed by atoms with van der Waals surface area (Å²) in [6.45, 7) is 1.84. The number of nitrogens with one attached hydrogen (secondary N) is 2. The summed E-state index contributed by atoms with van der Waals surface area (Å²) < 4.78 is 5.13. The molecule has 3 rings (SSSR count). The Morgan fingerprint density at radius 3 is 2.65 bits per heavy atom. The van der Waals surface area contributed by atoms with Crippen LogP contribution in [0.25, 0.3) is 10.9 Å². The number of para-hydroxylation sites is 1. The summed E-state index contributed by atoms with van der Waals surface area (Å²) in [6.07, 6.45) is 1.81. The molecule has 0 aliphatic rings. The molecule has 2 aromatic carbocycles. The number of methoxy groups -OCH3 is 1. The Bertz CT molecular complexity index is 863. The van der Waals surface area contributed by atoms with Gasteiger partial charge >= 0.3 is 0 Å². The molecule has 0 fully saturated rings. The zero-order chi connectivity index (χ0) is 16.2. The van der Waals surface area contributed by atoms with E-state index in [1.165, 1.54) is 0 Å². The number of hydrazone groups is 1. The maximum absolute atomic E-state index is 12.3. The third-order valence-corrected chi connectivity index (χ3v) is 3.66. The summed E-state index contributed by atoms with van der Waals surface area (Å²) in [4.78, 5) is 15.4. The summed E-state index contributed by atoms with van der Waals surface area (Å²) >= 11 is 0. The molecule has 2 N–H and O–H groups in total. The number of fused-ring (bicyclic) bond motifs is 1. The molecule has 23 heavy (non-hydrogen) atoms. The molecule has 1 heterocycles. The first-order chi connectivity index (χ1) is 11.2. The first-order valence-electron chi connectivity index (χ1n) is 7.24. The van der Waals surface area contributed by atoms with Crippen LogP contribution in [0.15, 0.2) is 59.8 Å². The van der Waals surface area contributed by atoms with Crippen LogP contribution in [0, 0.1) is 0 Å². The van der Waals surface area contributed by atoms with Gasteiger partial charge in [0.25, 0.3) is 5.91 Å². The molecule has 1 amide bonds. The Balaban J connectivity index is 1.78. The first kappa shape index (κ1) is 14.8. The topological polar surface area (TPSA) is 66.5 Å². The lowest BCUT2D eigenvalue weighted by molar-refractivity contribution is 0.0956.